The van der Waals surface area contributed by atoms with Crippen molar-refractivity contribution >= 4 is 17.6 Å². The van der Waals surface area contributed by atoms with Gasteiger partial charge in [-0.1, -0.05) is 6.07 Å². The average molecular weight is 291 g/mol. The van der Waals surface area contributed by atoms with E-state index in [0.717, 1.165) is 18.4 Å². The molecule has 1 aromatic carbocycles. The van der Waals surface area contributed by atoms with E-state index in [2.05, 4.69) is 5.32 Å². The zero-order valence-electron chi connectivity index (χ0n) is 12.8. The maximum absolute atomic E-state index is 11.8. The molecular formula is C16H21NO4. The SMILES string of the molecule is CC(=O)C1(c2ccc(O)c(NC(=O)OC(C)(C)C)c2)CC1. The molecule has 1 aromatic rings. The fourth-order valence-corrected chi connectivity index (χ4v) is 2.32. The number of hydrogen-bond acceptors (Lipinski definition) is 4. The summed E-state index contributed by atoms with van der Waals surface area (Å²) in [4.78, 5) is 23.5. The first kappa shape index (κ1) is 15.4. The van der Waals surface area contributed by atoms with E-state index in [1.165, 1.54) is 6.07 Å². The van der Waals surface area contributed by atoms with Crippen LogP contribution in [0.1, 0.15) is 46.1 Å². The lowest BCUT2D eigenvalue weighted by molar-refractivity contribution is -0.119. The molecule has 0 radical (unpaired) electrons. The van der Waals surface area contributed by atoms with E-state index < -0.39 is 17.1 Å². The lowest BCUT2D eigenvalue weighted by atomic mass is 9.91. The van der Waals surface area contributed by atoms with Crippen LogP contribution in [0.2, 0.25) is 0 Å². The zero-order chi connectivity index (χ0) is 15.8. The van der Waals surface area contributed by atoms with Crippen LogP contribution in [0.4, 0.5) is 10.5 Å². The van der Waals surface area contributed by atoms with Gasteiger partial charge in [-0.3, -0.25) is 10.1 Å². The van der Waals surface area contributed by atoms with Crippen LogP contribution in [0, 0.1) is 0 Å². The predicted octanol–water partition coefficient (Wildman–Crippen LogP) is 3.36. The van der Waals surface area contributed by atoms with Crippen LogP contribution in [0.3, 0.4) is 0 Å². The van der Waals surface area contributed by atoms with E-state index in [1.807, 2.05) is 0 Å². The number of aromatic hydroxyl groups is 1. The molecule has 114 valence electrons. The normalized spacial score (nSPS) is 16.2. The molecular weight excluding hydrogens is 270 g/mol. The first-order valence-corrected chi connectivity index (χ1v) is 6.99. The molecule has 0 heterocycles. The number of nitrogens with one attached hydrogen (secondary N) is 1. The summed E-state index contributed by atoms with van der Waals surface area (Å²) in [6, 6.07) is 4.86. The van der Waals surface area contributed by atoms with Crippen LogP contribution >= 0.6 is 0 Å². The number of rotatable bonds is 3. The molecule has 0 spiro atoms. The summed E-state index contributed by atoms with van der Waals surface area (Å²) in [6.07, 6.45) is 0.973. The molecule has 0 aliphatic heterocycles. The van der Waals surface area contributed by atoms with Gasteiger partial charge in [0.25, 0.3) is 0 Å². The van der Waals surface area contributed by atoms with Gasteiger partial charge in [-0.25, -0.2) is 4.79 Å². The number of ketones is 1. The fraction of sp³-hybridized carbons (Fsp3) is 0.500. The van der Waals surface area contributed by atoms with Crippen LogP contribution in [0.15, 0.2) is 18.2 Å². The molecule has 1 amide bonds. The molecule has 5 heteroatoms. The van der Waals surface area contributed by atoms with Gasteiger partial charge in [-0.05, 0) is 58.2 Å². The molecule has 0 unspecified atom stereocenters. The van der Waals surface area contributed by atoms with Crippen LogP contribution in [0.5, 0.6) is 5.75 Å². The number of hydrogen-bond donors (Lipinski definition) is 2. The van der Waals surface area contributed by atoms with E-state index in [9.17, 15) is 14.7 Å². The van der Waals surface area contributed by atoms with Crippen LogP contribution in [-0.4, -0.2) is 22.6 Å². The minimum Gasteiger partial charge on any atom is -0.506 e. The van der Waals surface area contributed by atoms with E-state index >= 15 is 0 Å². The summed E-state index contributed by atoms with van der Waals surface area (Å²) in [6.45, 7) is 6.86. The summed E-state index contributed by atoms with van der Waals surface area (Å²) in [5.74, 6) is 0.0559. The highest BCUT2D eigenvalue weighted by Gasteiger charge is 2.48. The van der Waals surface area contributed by atoms with Gasteiger partial charge in [-0.15, -0.1) is 0 Å². The Bertz CT molecular complexity index is 582. The standard InChI is InChI=1S/C16H21NO4/c1-10(18)16(7-8-16)11-5-6-13(19)12(9-11)17-14(20)21-15(2,3)4/h5-6,9,19H,7-8H2,1-4H3,(H,17,20). The highest BCUT2D eigenvalue weighted by atomic mass is 16.6. The van der Waals surface area contributed by atoms with Crippen molar-refractivity contribution in [2.45, 2.75) is 51.6 Å². The number of phenolic OH excluding ortho intramolecular Hbond substituents is 1. The second-order valence-corrected chi connectivity index (χ2v) is 6.50. The average Bonchev–Trinajstić information content (AvgIpc) is 3.10. The van der Waals surface area contributed by atoms with Crippen LogP contribution in [0.25, 0.3) is 0 Å². The quantitative estimate of drug-likeness (QED) is 0.837. The largest absolute Gasteiger partial charge is 0.506 e. The Kier molecular flexibility index (Phi) is 3.70. The molecule has 1 fully saturated rings. The van der Waals surface area contributed by atoms with Gasteiger partial charge >= 0.3 is 6.09 Å². The third-order valence-corrected chi connectivity index (χ3v) is 3.61. The van der Waals surface area contributed by atoms with E-state index in [0.29, 0.717) is 0 Å². The Labute approximate surface area is 124 Å². The van der Waals surface area contributed by atoms with Crippen molar-refractivity contribution in [2.75, 3.05) is 5.32 Å². The predicted molar refractivity (Wildman–Crippen MR) is 79.6 cm³/mol. The van der Waals surface area contributed by atoms with Crippen molar-refractivity contribution in [3.05, 3.63) is 23.8 Å². The summed E-state index contributed by atoms with van der Waals surface area (Å²) in [5.41, 5.74) is 0.0140. The van der Waals surface area contributed by atoms with Crippen molar-refractivity contribution in [2.24, 2.45) is 0 Å². The first-order valence-electron chi connectivity index (χ1n) is 6.99. The molecule has 0 aromatic heterocycles. The first-order chi connectivity index (χ1) is 9.64. The molecule has 0 bridgehead atoms. The summed E-state index contributed by atoms with van der Waals surface area (Å²) < 4.78 is 5.16. The van der Waals surface area contributed by atoms with Crippen molar-refractivity contribution in [1.82, 2.24) is 0 Å². The maximum Gasteiger partial charge on any atom is 0.412 e. The van der Waals surface area contributed by atoms with E-state index in [4.69, 9.17) is 4.74 Å². The number of benzene rings is 1. The van der Waals surface area contributed by atoms with Gasteiger partial charge < -0.3 is 9.84 Å². The topological polar surface area (TPSA) is 75.6 Å². The second-order valence-electron chi connectivity index (χ2n) is 6.50. The van der Waals surface area contributed by atoms with Crippen LogP contribution < -0.4 is 5.32 Å². The minimum absolute atomic E-state index is 0.0519. The molecule has 2 N–H and O–H groups in total. The molecule has 1 aliphatic carbocycles. The molecule has 21 heavy (non-hydrogen) atoms. The molecule has 1 aliphatic rings. The molecule has 0 atom stereocenters. The highest BCUT2D eigenvalue weighted by molar-refractivity contribution is 5.92. The van der Waals surface area contributed by atoms with Crippen molar-refractivity contribution < 1.29 is 19.4 Å². The number of anilines is 1. The second kappa shape index (κ2) is 5.06. The molecule has 0 saturated heterocycles. The van der Waals surface area contributed by atoms with Crippen LogP contribution in [-0.2, 0) is 14.9 Å². The van der Waals surface area contributed by atoms with E-state index in [-0.39, 0.29) is 17.2 Å². The Hall–Kier alpha value is -2.04. The van der Waals surface area contributed by atoms with Gasteiger partial charge in [0, 0.05) is 0 Å². The van der Waals surface area contributed by atoms with Crippen molar-refractivity contribution in [3.63, 3.8) is 0 Å². The number of amides is 1. The Morgan fingerprint density at radius 3 is 2.38 bits per heavy atom. The van der Waals surface area contributed by atoms with Crippen molar-refractivity contribution in [3.8, 4) is 5.75 Å². The van der Waals surface area contributed by atoms with Gasteiger partial charge in [0.1, 0.15) is 17.1 Å². The Morgan fingerprint density at radius 2 is 1.90 bits per heavy atom. The third kappa shape index (κ3) is 3.35. The maximum atomic E-state index is 11.8. The number of carbonyl (C=O) groups is 2. The Balaban J connectivity index is 2.21. The minimum atomic E-state index is -0.636. The zero-order valence-corrected chi connectivity index (χ0v) is 12.8. The smallest absolute Gasteiger partial charge is 0.412 e. The highest BCUT2D eigenvalue weighted by Crippen LogP contribution is 2.50. The van der Waals surface area contributed by atoms with E-state index in [1.54, 1.807) is 39.8 Å². The lowest BCUT2D eigenvalue weighted by Crippen LogP contribution is -2.27. The monoisotopic (exact) mass is 291 g/mol. The number of carbonyl (C=O) groups excluding carboxylic acids is 2. The molecule has 1 saturated carbocycles. The fourth-order valence-electron chi connectivity index (χ4n) is 2.32. The third-order valence-electron chi connectivity index (χ3n) is 3.61. The van der Waals surface area contributed by atoms with Gasteiger partial charge in [0.05, 0.1) is 11.1 Å². The molecule has 2 rings (SSSR count). The summed E-state index contributed by atoms with van der Waals surface area (Å²) in [7, 11) is 0. The molecule has 5 nitrogen and oxygen atoms in total. The summed E-state index contributed by atoms with van der Waals surface area (Å²) in [5, 5.41) is 12.4. The van der Waals surface area contributed by atoms with Gasteiger partial charge in [0.2, 0.25) is 0 Å². The number of Topliss-reactive ketones (excluding diaryl/α,β-unsaturated/α-hetero) is 1. The number of phenols is 1. The Morgan fingerprint density at radius 1 is 1.29 bits per heavy atom. The van der Waals surface area contributed by atoms with Gasteiger partial charge in [-0.2, -0.15) is 0 Å². The number of ether oxygens (including phenoxy) is 1. The summed E-state index contributed by atoms with van der Waals surface area (Å²) >= 11 is 0. The van der Waals surface area contributed by atoms with Gasteiger partial charge in [0.15, 0.2) is 0 Å². The van der Waals surface area contributed by atoms with Crippen molar-refractivity contribution in [1.29, 1.82) is 0 Å². The lowest BCUT2D eigenvalue weighted by Gasteiger charge is -2.20.